The summed E-state index contributed by atoms with van der Waals surface area (Å²) in [5.41, 5.74) is 2.47. The Kier molecular flexibility index (Phi) is 7.70. The first-order chi connectivity index (χ1) is 9.88. The highest BCUT2D eigenvalue weighted by Gasteiger charge is 2.49. The standard InChI is InChI=1S/C19H39NSi/c1-8-9-15-20(19-13-11-10-12-14-19)21(16(2)3,17(4)5)18(6)7/h8-9,16-19H,10-15H2,1-7H3. The Hall–Kier alpha value is -0.0831. The maximum atomic E-state index is 3.03. The van der Waals surface area contributed by atoms with Crippen molar-refractivity contribution >= 4 is 8.24 Å². The first-order valence-electron chi connectivity index (χ1n) is 9.26. The first-order valence-corrected chi connectivity index (χ1v) is 11.4. The minimum Gasteiger partial charge on any atom is -0.316 e. The third-order valence-electron chi connectivity index (χ3n) is 5.83. The fourth-order valence-corrected chi connectivity index (χ4v) is 12.5. The molecule has 1 saturated carbocycles. The maximum absolute atomic E-state index is 3.03. The summed E-state index contributed by atoms with van der Waals surface area (Å²) in [7, 11) is -1.50. The Balaban J connectivity index is 3.20. The highest BCUT2D eigenvalue weighted by Crippen LogP contribution is 2.46. The molecule has 1 fully saturated rings. The SMILES string of the molecule is CC=CCN(C1CCCCC1)[Si](C(C)C)(C(C)C)C(C)C. The molecular formula is C19H39NSi. The Morgan fingerprint density at radius 1 is 0.905 bits per heavy atom. The molecule has 0 aliphatic heterocycles. The second kappa shape index (κ2) is 8.52. The normalized spacial score (nSPS) is 18.8. The van der Waals surface area contributed by atoms with Crippen molar-refractivity contribution in [3.8, 4) is 0 Å². The van der Waals surface area contributed by atoms with Crippen LogP contribution in [0.5, 0.6) is 0 Å². The molecule has 0 radical (unpaired) electrons. The van der Waals surface area contributed by atoms with Gasteiger partial charge in [0.1, 0.15) is 8.24 Å². The first kappa shape index (κ1) is 19.0. The van der Waals surface area contributed by atoms with Gasteiger partial charge in [-0.2, -0.15) is 0 Å². The molecular weight excluding hydrogens is 270 g/mol. The molecule has 0 aromatic heterocycles. The van der Waals surface area contributed by atoms with E-state index in [0.29, 0.717) is 0 Å². The van der Waals surface area contributed by atoms with Crippen molar-refractivity contribution in [3.05, 3.63) is 12.2 Å². The maximum Gasteiger partial charge on any atom is 0.136 e. The van der Waals surface area contributed by atoms with Crippen molar-refractivity contribution in [2.24, 2.45) is 0 Å². The molecule has 0 N–H and O–H groups in total. The minimum atomic E-state index is -1.50. The van der Waals surface area contributed by atoms with Gasteiger partial charge in [0.25, 0.3) is 0 Å². The van der Waals surface area contributed by atoms with E-state index >= 15 is 0 Å². The van der Waals surface area contributed by atoms with E-state index in [1.807, 2.05) is 0 Å². The molecule has 1 aliphatic carbocycles. The molecule has 1 rings (SSSR count). The zero-order chi connectivity index (χ0) is 16.0. The fourth-order valence-electron chi connectivity index (χ4n) is 5.23. The van der Waals surface area contributed by atoms with Crippen LogP contribution in [0, 0.1) is 0 Å². The quantitative estimate of drug-likeness (QED) is 0.390. The van der Waals surface area contributed by atoms with Crippen LogP contribution < -0.4 is 0 Å². The van der Waals surface area contributed by atoms with Gasteiger partial charge in [-0.15, -0.1) is 0 Å². The molecule has 21 heavy (non-hydrogen) atoms. The smallest absolute Gasteiger partial charge is 0.136 e. The van der Waals surface area contributed by atoms with Gasteiger partial charge in [0.2, 0.25) is 0 Å². The molecule has 0 unspecified atom stereocenters. The summed E-state index contributed by atoms with van der Waals surface area (Å²) in [6.07, 6.45) is 11.8. The summed E-state index contributed by atoms with van der Waals surface area (Å²) in [5, 5.41) is 0. The van der Waals surface area contributed by atoms with Gasteiger partial charge in [0.15, 0.2) is 0 Å². The Morgan fingerprint density at radius 2 is 1.38 bits per heavy atom. The molecule has 0 spiro atoms. The van der Waals surface area contributed by atoms with E-state index in [1.165, 1.54) is 38.6 Å². The number of nitrogens with zero attached hydrogens (tertiary/aromatic N) is 1. The lowest BCUT2D eigenvalue weighted by molar-refractivity contribution is 0.249. The monoisotopic (exact) mass is 309 g/mol. The van der Waals surface area contributed by atoms with Crippen LogP contribution in [0.4, 0.5) is 0 Å². The van der Waals surface area contributed by atoms with Gasteiger partial charge in [-0.1, -0.05) is 73.0 Å². The Labute approximate surface area is 135 Å². The highest BCUT2D eigenvalue weighted by molar-refractivity contribution is 6.81. The molecule has 0 heterocycles. The lowest BCUT2D eigenvalue weighted by Gasteiger charge is -2.54. The van der Waals surface area contributed by atoms with Gasteiger partial charge in [0, 0.05) is 12.6 Å². The number of hydrogen-bond acceptors (Lipinski definition) is 1. The van der Waals surface area contributed by atoms with E-state index in [0.717, 1.165) is 22.7 Å². The molecule has 1 nitrogen and oxygen atoms in total. The van der Waals surface area contributed by atoms with Crippen LogP contribution in [0.1, 0.15) is 80.6 Å². The van der Waals surface area contributed by atoms with Gasteiger partial charge >= 0.3 is 0 Å². The van der Waals surface area contributed by atoms with Gasteiger partial charge in [-0.05, 0) is 36.4 Å². The van der Waals surface area contributed by atoms with E-state index in [2.05, 4.69) is 65.2 Å². The predicted octanol–water partition coefficient (Wildman–Crippen LogP) is 6.37. The molecule has 0 aromatic rings. The summed E-state index contributed by atoms with van der Waals surface area (Å²) in [6.45, 7) is 18.3. The fraction of sp³-hybridized carbons (Fsp3) is 0.895. The molecule has 0 amide bonds. The molecule has 124 valence electrons. The number of allylic oxidation sites excluding steroid dienone is 1. The summed E-state index contributed by atoms with van der Waals surface area (Å²) < 4.78 is 3.03. The van der Waals surface area contributed by atoms with E-state index in [9.17, 15) is 0 Å². The molecule has 0 saturated heterocycles. The van der Waals surface area contributed by atoms with E-state index in [4.69, 9.17) is 0 Å². The van der Waals surface area contributed by atoms with E-state index < -0.39 is 8.24 Å². The van der Waals surface area contributed by atoms with Gasteiger partial charge < -0.3 is 4.57 Å². The summed E-state index contributed by atoms with van der Waals surface area (Å²) in [5.74, 6) is 0. The van der Waals surface area contributed by atoms with Crippen LogP contribution in [0.3, 0.4) is 0 Å². The van der Waals surface area contributed by atoms with E-state index in [1.54, 1.807) is 0 Å². The summed E-state index contributed by atoms with van der Waals surface area (Å²) >= 11 is 0. The Bertz CT molecular complexity index is 292. The highest BCUT2D eigenvalue weighted by atomic mass is 28.3. The molecule has 0 atom stereocenters. The van der Waals surface area contributed by atoms with E-state index in [-0.39, 0.29) is 0 Å². The minimum absolute atomic E-state index is 0.824. The number of rotatable bonds is 7. The largest absolute Gasteiger partial charge is 0.316 e. The van der Waals surface area contributed by atoms with Crippen molar-refractivity contribution in [1.29, 1.82) is 0 Å². The average molecular weight is 310 g/mol. The Morgan fingerprint density at radius 3 is 1.76 bits per heavy atom. The number of hydrogen-bond donors (Lipinski definition) is 0. The third kappa shape index (κ3) is 4.01. The predicted molar refractivity (Wildman–Crippen MR) is 99.4 cm³/mol. The zero-order valence-corrected chi connectivity index (χ0v) is 16.7. The second-order valence-corrected chi connectivity index (χ2v) is 13.7. The van der Waals surface area contributed by atoms with Crippen molar-refractivity contribution < 1.29 is 0 Å². The second-order valence-electron chi connectivity index (χ2n) is 7.86. The van der Waals surface area contributed by atoms with Crippen LogP contribution in [0.25, 0.3) is 0 Å². The molecule has 2 heteroatoms. The van der Waals surface area contributed by atoms with Crippen molar-refractivity contribution in [2.75, 3.05) is 6.54 Å². The summed E-state index contributed by atoms with van der Waals surface area (Å²) in [4.78, 5) is 0. The zero-order valence-electron chi connectivity index (χ0n) is 15.7. The molecule has 0 bridgehead atoms. The van der Waals surface area contributed by atoms with Crippen molar-refractivity contribution in [3.63, 3.8) is 0 Å². The average Bonchev–Trinajstić information content (AvgIpc) is 2.42. The van der Waals surface area contributed by atoms with Gasteiger partial charge in [-0.3, -0.25) is 0 Å². The third-order valence-corrected chi connectivity index (χ3v) is 12.9. The lowest BCUT2D eigenvalue weighted by Crippen LogP contribution is -2.63. The lowest BCUT2D eigenvalue weighted by atomic mass is 9.95. The molecule has 0 aromatic carbocycles. The van der Waals surface area contributed by atoms with Crippen LogP contribution in [-0.2, 0) is 0 Å². The molecule has 1 aliphatic rings. The van der Waals surface area contributed by atoms with Gasteiger partial charge in [-0.25, -0.2) is 0 Å². The van der Waals surface area contributed by atoms with Crippen LogP contribution in [0.2, 0.25) is 16.6 Å². The van der Waals surface area contributed by atoms with Crippen LogP contribution in [0.15, 0.2) is 12.2 Å². The van der Waals surface area contributed by atoms with Crippen LogP contribution >= 0.6 is 0 Å². The van der Waals surface area contributed by atoms with Crippen molar-refractivity contribution in [2.45, 2.75) is 103 Å². The van der Waals surface area contributed by atoms with Crippen LogP contribution in [-0.4, -0.2) is 25.4 Å². The summed E-state index contributed by atoms with van der Waals surface area (Å²) in [6, 6.07) is 0.841. The van der Waals surface area contributed by atoms with Crippen molar-refractivity contribution in [1.82, 2.24) is 4.57 Å². The topological polar surface area (TPSA) is 3.24 Å². The van der Waals surface area contributed by atoms with Gasteiger partial charge in [0.05, 0.1) is 0 Å².